The van der Waals surface area contributed by atoms with Crippen LogP contribution in [0.2, 0.25) is 0 Å². The van der Waals surface area contributed by atoms with E-state index in [9.17, 15) is 5.11 Å². The second kappa shape index (κ2) is 5.75. The smallest absolute Gasteiger partial charge is 0.132 e. The highest BCUT2D eigenvalue weighted by molar-refractivity contribution is 9.10. The van der Waals surface area contributed by atoms with Gasteiger partial charge in [-0.1, -0.05) is 28.1 Å². The molecule has 0 aliphatic heterocycles. The molecule has 0 aliphatic rings. The lowest BCUT2D eigenvalue weighted by atomic mass is 10.2. The Morgan fingerprint density at radius 3 is 2.53 bits per heavy atom. The van der Waals surface area contributed by atoms with Gasteiger partial charge in [-0.25, -0.2) is 0 Å². The highest BCUT2D eigenvalue weighted by Gasteiger charge is 2.16. The van der Waals surface area contributed by atoms with Crippen LogP contribution in [0.25, 0.3) is 0 Å². The Hall–Kier alpha value is -1.33. The molecule has 1 heterocycles. The molecule has 0 spiro atoms. The van der Waals surface area contributed by atoms with Crippen molar-refractivity contribution in [2.24, 2.45) is 7.05 Å². The summed E-state index contributed by atoms with van der Waals surface area (Å²) in [5, 5.41) is 13.8. The van der Waals surface area contributed by atoms with Gasteiger partial charge in [0.05, 0.1) is 12.3 Å². The van der Waals surface area contributed by atoms with Gasteiger partial charge in [0.25, 0.3) is 0 Å². The summed E-state index contributed by atoms with van der Waals surface area (Å²) in [6.45, 7) is 2.71. The topological polar surface area (TPSA) is 41.3 Å². The SMILES string of the molecule is Cc1nn(C)c(N(C)Cc2ccc(Br)cc2)c1CO. The Bertz CT molecular complexity index is 563. The molecule has 19 heavy (non-hydrogen) atoms. The highest BCUT2D eigenvalue weighted by Crippen LogP contribution is 2.23. The first-order valence-electron chi connectivity index (χ1n) is 6.12. The lowest BCUT2D eigenvalue weighted by molar-refractivity contribution is 0.281. The zero-order chi connectivity index (χ0) is 14.0. The summed E-state index contributed by atoms with van der Waals surface area (Å²) in [7, 11) is 3.91. The zero-order valence-corrected chi connectivity index (χ0v) is 13.0. The molecule has 0 fully saturated rings. The zero-order valence-electron chi connectivity index (χ0n) is 11.4. The number of rotatable bonds is 4. The first-order valence-corrected chi connectivity index (χ1v) is 6.91. The molecule has 2 rings (SSSR count). The monoisotopic (exact) mass is 323 g/mol. The molecular weight excluding hydrogens is 306 g/mol. The number of aliphatic hydroxyl groups is 1. The first kappa shape index (κ1) is 14.1. The van der Waals surface area contributed by atoms with Crippen molar-refractivity contribution in [1.29, 1.82) is 0 Å². The van der Waals surface area contributed by atoms with Gasteiger partial charge in [-0.3, -0.25) is 4.68 Å². The minimum absolute atomic E-state index is 0.0136. The molecular formula is C14H18BrN3O. The summed E-state index contributed by atoms with van der Waals surface area (Å²) in [6, 6.07) is 8.24. The molecule has 1 aromatic heterocycles. The fraction of sp³-hybridized carbons (Fsp3) is 0.357. The van der Waals surface area contributed by atoms with Crippen molar-refractivity contribution in [3.05, 3.63) is 45.6 Å². The molecule has 0 saturated heterocycles. The Morgan fingerprint density at radius 1 is 1.32 bits per heavy atom. The largest absolute Gasteiger partial charge is 0.391 e. The third kappa shape index (κ3) is 2.98. The molecule has 2 aromatic rings. The van der Waals surface area contributed by atoms with Crippen molar-refractivity contribution in [2.45, 2.75) is 20.1 Å². The van der Waals surface area contributed by atoms with E-state index in [1.54, 1.807) is 0 Å². The summed E-state index contributed by atoms with van der Waals surface area (Å²) < 4.78 is 2.89. The lowest BCUT2D eigenvalue weighted by Crippen LogP contribution is -2.20. The predicted molar refractivity (Wildman–Crippen MR) is 80.1 cm³/mol. The molecule has 0 radical (unpaired) electrons. The third-order valence-electron chi connectivity index (χ3n) is 3.17. The fourth-order valence-corrected chi connectivity index (χ4v) is 2.56. The van der Waals surface area contributed by atoms with Crippen LogP contribution in [0.4, 0.5) is 5.82 Å². The molecule has 0 unspecified atom stereocenters. The molecule has 4 nitrogen and oxygen atoms in total. The van der Waals surface area contributed by atoms with Gasteiger partial charge in [0.15, 0.2) is 0 Å². The van der Waals surface area contributed by atoms with Crippen molar-refractivity contribution >= 4 is 21.7 Å². The molecule has 0 atom stereocenters. The minimum Gasteiger partial charge on any atom is -0.391 e. The number of nitrogens with zero attached hydrogens (tertiary/aromatic N) is 3. The number of halogens is 1. The van der Waals surface area contributed by atoms with E-state index in [4.69, 9.17) is 0 Å². The van der Waals surface area contributed by atoms with E-state index in [0.717, 1.165) is 28.1 Å². The number of aromatic nitrogens is 2. The molecule has 0 saturated carbocycles. The van der Waals surface area contributed by atoms with Crippen molar-refractivity contribution < 1.29 is 5.11 Å². The summed E-state index contributed by atoms with van der Waals surface area (Å²) in [5.41, 5.74) is 2.98. The average molecular weight is 324 g/mol. The van der Waals surface area contributed by atoms with Gasteiger partial charge in [0.2, 0.25) is 0 Å². The molecule has 1 aromatic carbocycles. The van der Waals surface area contributed by atoms with E-state index in [2.05, 4.69) is 38.1 Å². The summed E-state index contributed by atoms with van der Waals surface area (Å²) in [6.07, 6.45) is 0. The first-order chi connectivity index (χ1) is 9.02. The second-order valence-electron chi connectivity index (χ2n) is 4.65. The summed E-state index contributed by atoms with van der Waals surface area (Å²) in [4.78, 5) is 2.11. The van der Waals surface area contributed by atoms with Crippen LogP contribution in [0, 0.1) is 6.92 Å². The standard InChI is InChI=1S/C14H18BrN3O/c1-10-13(9-19)14(18(3)16-10)17(2)8-11-4-6-12(15)7-5-11/h4-7,19H,8-9H2,1-3H3. The molecule has 0 aliphatic carbocycles. The number of anilines is 1. The maximum absolute atomic E-state index is 9.48. The number of hydrogen-bond donors (Lipinski definition) is 1. The van der Waals surface area contributed by atoms with E-state index >= 15 is 0 Å². The van der Waals surface area contributed by atoms with E-state index < -0.39 is 0 Å². The van der Waals surface area contributed by atoms with Crippen LogP contribution in [-0.2, 0) is 20.2 Å². The van der Waals surface area contributed by atoms with Crippen molar-refractivity contribution in [3.8, 4) is 0 Å². The number of aliphatic hydroxyl groups excluding tert-OH is 1. The third-order valence-corrected chi connectivity index (χ3v) is 3.69. The Labute approximate surface area is 121 Å². The normalized spacial score (nSPS) is 10.8. The number of hydrogen-bond acceptors (Lipinski definition) is 3. The van der Waals surface area contributed by atoms with Gasteiger partial charge in [-0.05, 0) is 24.6 Å². The van der Waals surface area contributed by atoms with Gasteiger partial charge >= 0.3 is 0 Å². The predicted octanol–water partition coefficient (Wildman–Crippen LogP) is 2.62. The minimum atomic E-state index is 0.0136. The number of aryl methyl sites for hydroxylation is 2. The van der Waals surface area contributed by atoms with Crippen LogP contribution < -0.4 is 4.90 Å². The van der Waals surface area contributed by atoms with Crippen LogP contribution in [0.5, 0.6) is 0 Å². The molecule has 1 N–H and O–H groups in total. The number of benzene rings is 1. The average Bonchev–Trinajstić information content (AvgIpc) is 2.66. The van der Waals surface area contributed by atoms with Crippen LogP contribution in [0.3, 0.4) is 0 Å². The molecule has 102 valence electrons. The van der Waals surface area contributed by atoms with Crippen molar-refractivity contribution in [2.75, 3.05) is 11.9 Å². The van der Waals surface area contributed by atoms with Gasteiger partial charge in [-0.2, -0.15) is 5.10 Å². The highest BCUT2D eigenvalue weighted by atomic mass is 79.9. The molecule has 0 bridgehead atoms. The maximum atomic E-state index is 9.48. The van der Waals surface area contributed by atoms with Crippen molar-refractivity contribution in [3.63, 3.8) is 0 Å². The lowest BCUT2D eigenvalue weighted by Gasteiger charge is -2.20. The Balaban J connectivity index is 2.24. The summed E-state index contributed by atoms with van der Waals surface area (Å²) >= 11 is 3.43. The van der Waals surface area contributed by atoms with Crippen LogP contribution in [-0.4, -0.2) is 21.9 Å². The van der Waals surface area contributed by atoms with Gasteiger partial charge in [0.1, 0.15) is 5.82 Å². The summed E-state index contributed by atoms with van der Waals surface area (Å²) in [5.74, 6) is 0.961. The second-order valence-corrected chi connectivity index (χ2v) is 5.57. The Kier molecular flexibility index (Phi) is 4.27. The van der Waals surface area contributed by atoms with Gasteiger partial charge in [-0.15, -0.1) is 0 Å². The maximum Gasteiger partial charge on any atom is 0.132 e. The van der Waals surface area contributed by atoms with E-state index in [-0.39, 0.29) is 6.61 Å². The van der Waals surface area contributed by atoms with E-state index in [1.165, 1.54) is 5.56 Å². The van der Waals surface area contributed by atoms with E-state index in [0.29, 0.717) is 0 Å². The van der Waals surface area contributed by atoms with Crippen LogP contribution in [0.15, 0.2) is 28.7 Å². The van der Waals surface area contributed by atoms with Gasteiger partial charge in [0, 0.05) is 30.7 Å². The van der Waals surface area contributed by atoms with Gasteiger partial charge < -0.3 is 10.0 Å². The molecule has 0 amide bonds. The van der Waals surface area contributed by atoms with Crippen LogP contribution in [0.1, 0.15) is 16.8 Å². The Morgan fingerprint density at radius 2 is 1.95 bits per heavy atom. The fourth-order valence-electron chi connectivity index (χ4n) is 2.29. The quantitative estimate of drug-likeness (QED) is 0.940. The van der Waals surface area contributed by atoms with Crippen molar-refractivity contribution in [1.82, 2.24) is 9.78 Å². The van der Waals surface area contributed by atoms with E-state index in [1.807, 2.05) is 37.8 Å². The molecule has 5 heteroatoms. The van der Waals surface area contributed by atoms with Crippen LogP contribution >= 0.6 is 15.9 Å².